The van der Waals surface area contributed by atoms with Crippen molar-refractivity contribution in [1.82, 2.24) is 9.88 Å². The summed E-state index contributed by atoms with van der Waals surface area (Å²) < 4.78 is 0. The molecule has 4 rings (SSSR count). The van der Waals surface area contributed by atoms with Crippen molar-refractivity contribution in [3.8, 4) is 10.6 Å². The van der Waals surface area contributed by atoms with E-state index < -0.39 is 6.04 Å². The number of rotatable bonds is 5. The third kappa shape index (κ3) is 4.09. The van der Waals surface area contributed by atoms with Crippen molar-refractivity contribution in [3.63, 3.8) is 0 Å². The highest BCUT2D eigenvalue weighted by Crippen LogP contribution is 2.26. The third-order valence-electron chi connectivity index (χ3n) is 4.59. The van der Waals surface area contributed by atoms with Crippen LogP contribution < -0.4 is 5.32 Å². The monoisotopic (exact) mass is 397 g/mol. The summed E-state index contributed by atoms with van der Waals surface area (Å²) in [6, 6.07) is 11.2. The van der Waals surface area contributed by atoms with Gasteiger partial charge in [0, 0.05) is 34.2 Å². The van der Waals surface area contributed by atoms with Crippen LogP contribution in [0.3, 0.4) is 0 Å². The molecule has 2 amide bonds. The Morgan fingerprint density at radius 1 is 1.19 bits per heavy atom. The zero-order valence-electron chi connectivity index (χ0n) is 14.6. The van der Waals surface area contributed by atoms with E-state index in [0.29, 0.717) is 19.4 Å². The normalized spacial score (nSPS) is 16.4. The highest BCUT2D eigenvalue weighted by atomic mass is 32.1. The third-order valence-corrected chi connectivity index (χ3v) is 6.29. The number of hydrogen-bond acceptors (Lipinski definition) is 5. The van der Waals surface area contributed by atoms with Gasteiger partial charge in [-0.15, -0.1) is 22.7 Å². The zero-order chi connectivity index (χ0) is 18.6. The lowest BCUT2D eigenvalue weighted by atomic mass is 10.1. The minimum Gasteiger partial charge on any atom is -0.330 e. The largest absolute Gasteiger partial charge is 0.330 e. The minimum absolute atomic E-state index is 0.0200. The summed E-state index contributed by atoms with van der Waals surface area (Å²) >= 11 is 3.13. The van der Waals surface area contributed by atoms with Gasteiger partial charge in [0.15, 0.2) is 0 Å². The van der Waals surface area contributed by atoms with Crippen LogP contribution in [0.5, 0.6) is 0 Å². The number of carbonyl (C=O) groups excluding carboxylic acids is 2. The topological polar surface area (TPSA) is 62.3 Å². The molecule has 1 unspecified atom stereocenters. The summed E-state index contributed by atoms with van der Waals surface area (Å²) in [6.07, 6.45) is 3.68. The summed E-state index contributed by atoms with van der Waals surface area (Å²) in [5.74, 6) is -0.102. The highest BCUT2D eigenvalue weighted by molar-refractivity contribution is 7.13. The van der Waals surface area contributed by atoms with Crippen LogP contribution in [0, 0.1) is 0 Å². The standard InChI is InChI=1S/C20H19N3O2S2/c24-18(13-16-6-3-10-26-16)23-9-2-7-17(23)19(25)22-15-5-1-4-14(12-15)20-21-8-11-27-20/h1,3-6,8,10-12,17H,2,7,9,13H2,(H,22,25). The molecule has 0 saturated carbocycles. The number of benzene rings is 1. The number of likely N-dealkylation sites (tertiary alicyclic amines) is 1. The Labute approximate surface area is 165 Å². The van der Waals surface area contributed by atoms with Crippen LogP contribution in [0.15, 0.2) is 53.4 Å². The first-order valence-corrected chi connectivity index (χ1v) is 10.6. The van der Waals surface area contributed by atoms with Crippen LogP contribution in [0.25, 0.3) is 10.6 Å². The Bertz CT molecular complexity index is 923. The Hall–Kier alpha value is -2.51. The Balaban J connectivity index is 1.44. The molecular formula is C20H19N3O2S2. The molecule has 1 aliphatic heterocycles. The molecule has 7 heteroatoms. The van der Waals surface area contributed by atoms with Gasteiger partial charge >= 0.3 is 0 Å². The lowest BCUT2D eigenvalue weighted by molar-refractivity contribution is -0.136. The van der Waals surface area contributed by atoms with Crippen molar-refractivity contribution >= 4 is 40.2 Å². The fourth-order valence-electron chi connectivity index (χ4n) is 3.32. The van der Waals surface area contributed by atoms with Crippen LogP contribution in [-0.4, -0.2) is 34.3 Å². The smallest absolute Gasteiger partial charge is 0.247 e. The summed E-state index contributed by atoms with van der Waals surface area (Å²) in [5.41, 5.74) is 1.70. The second-order valence-electron chi connectivity index (χ2n) is 6.41. The van der Waals surface area contributed by atoms with E-state index in [-0.39, 0.29) is 11.8 Å². The average Bonchev–Trinajstić information content (AvgIpc) is 3.43. The number of nitrogens with zero attached hydrogens (tertiary/aromatic N) is 2. The molecule has 138 valence electrons. The van der Waals surface area contributed by atoms with Gasteiger partial charge in [-0.1, -0.05) is 18.2 Å². The lowest BCUT2D eigenvalue weighted by Gasteiger charge is -2.24. The van der Waals surface area contributed by atoms with Crippen LogP contribution in [0.2, 0.25) is 0 Å². The van der Waals surface area contributed by atoms with Crippen molar-refractivity contribution in [2.45, 2.75) is 25.3 Å². The Kier molecular flexibility index (Phi) is 5.31. The number of nitrogens with one attached hydrogen (secondary N) is 1. The van der Waals surface area contributed by atoms with Crippen LogP contribution in [0.4, 0.5) is 5.69 Å². The van der Waals surface area contributed by atoms with Crippen LogP contribution >= 0.6 is 22.7 Å². The number of thiazole rings is 1. The van der Waals surface area contributed by atoms with Crippen molar-refractivity contribution in [2.75, 3.05) is 11.9 Å². The summed E-state index contributed by atoms with van der Waals surface area (Å²) in [5, 5.41) is 7.78. The SMILES string of the molecule is O=C(Nc1cccc(-c2nccs2)c1)C1CCCN1C(=O)Cc1cccs1. The maximum absolute atomic E-state index is 12.8. The molecule has 0 bridgehead atoms. The van der Waals surface area contributed by atoms with E-state index in [1.54, 1.807) is 33.8 Å². The van der Waals surface area contributed by atoms with Gasteiger partial charge < -0.3 is 10.2 Å². The minimum atomic E-state index is -0.402. The molecule has 0 radical (unpaired) electrons. The summed E-state index contributed by atoms with van der Waals surface area (Å²) in [7, 11) is 0. The second kappa shape index (κ2) is 8.02. The molecule has 1 aromatic carbocycles. The number of anilines is 1. The molecule has 27 heavy (non-hydrogen) atoms. The number of amides is 2. The maximum atomic E-state index is 12.8. The van der Waals surface area contributed by atoms with E-state index >= 15 is 0 Å². The molecule has 2 aromatic heterocycles. The Morgan fingerprint density at radius 2 is 2.11 bits per heavy atom. The predicted molar refractivity (Wildman–Crippen MR) is 109 cm³/mol. The second-order valence-corrected chi connectivity index (χ2v) is 8.34. The van der Waals surface area contributed by atoms with Gasteiger partial charge in [-0.05, 0) is 36.4 Å². The molecule has 3 aromatic rings. The van der Waals surface area contributed by atoms with Crippen molar-refractivity contribution in [2.24, 2.45) is 0 Å². The predicted octanol–water partition coefficient (Wildman–Crippen LogP) is 4.04. The van der Waals surface area contributed by atoms with Gasteiger partial charge in [-0.2, -0.15) is 0 Å². The Morgan fingerprint density at radius 3 is 2.89 bits per heavy atom. The molecule has 1 atom stereocenters. The van der Waals surface area contributed by atoms with E-state index in [1.807, 2.05) is 47.2 Å². The first-order valence-electron chi connectivity index (χ1n) is 8.83. The van der Waals surface area contributed by atoms with Crippen molar-refractivity contribution < 1.29 is 9.59 Å². The zero-order valence-corrected chi connectivity index (χ0v) is 16.3. The maximum Gasteiger partial charge on any atom is 0.247 e. The van der Waals surface area contributed by atoms with E-state index in [1.165, 1.54) is 0 Å². The van der Waals surface area contributed by atoms with Gasteiger partial charge in [0.25, 0.3) is 0 Å². The number of carbonyl (C=O) groups is 2. The molecule has 5 nitrogen and oxygen atoms in total. The van der Waals surface area contributed by atoms with Gasteiger partial charge in [0.05, 0.1) is 6.42 Å². The molecule has 3 heterocycles. The lowest BCUT2D eigenvalue weighted by Crippen LogP contribution is -2.43. The first kappa shape index (κ1) is 17.9. The molecule has 1 N–H and O–H groups in total. The quantitative estimate of drug-likeness (QED) is 0.707. The first-order chi connectivity index (χ1) is 13.2. The van der Waals surface area contributed by atoms with Gasteiger partial charge in [-0.25, -0.2) is 4.98 Å². The van der Waals surface area contributed by atoms with E-state index in [0.717, 1.165) is 27.6 Å². The fourth-order valence-corrected chi connectivity index (χ4v) is 4.65. The van der Waals surface area contributed by atoms with Gasteiger partial charge in [0.1, 0.15) is 11.0 Å². The number of hydrogen-bond donors (Lipinski definition) is 1. The molecular weight excluding hydrogens is 378 g/mol. The highest BCUT2D eigenvalue weighted by Gasteiger charge is 2.34. The van der Waals surface area contributed by atoms with Gasteiger partial charge in [-0.3, -0.25) is 9.59 Å². The van der Waals surface area contributed by atoms with Crippen LogP contribution in [-0.2, 0) is 16.0 Å². The van der Waals surface area contributed by atoms with Crippen molar-refractivity contribution in [1.29, 1.82) is 0 Å². The van der Waals surface area contributed by atoms with E-state index in [9.17, 15) is 9.59 Å². The van der Waals surface area contributed by atoms with Crippen LogP contribution in [0.1, 0.15) is 17.7 Å². The molecule has 1 fully saturated rings. The summed E-state index contributed by atoms with van der Waals surface area (Å²) in [6.45, 7) is 0.640. The number of thiophene rings is 1. The molecule has 1 saturated heterocycles. The average molecular weight is 398 g/mol. The van der Waals surface area contributed by atoms with Crippen molar-refractivity contribution in [3.05, 3.63) is 58.2 Å². The number of aromatic nitrogens is 1. The van der Waals surface area contributed by atoms with E-state index in [2.05, 4.69) is 10.3 Å². The fraction of sp³-hybridized carbons (Fsp3) is 0.250. The molecule has 1 aliphatic rings. The van der Waals surface area contributed by atoms with Gasteiger partial charge in [0.2, 0.25) is 11.8 Å². The van der Waals surface area contributed by atoms with E-state index in [4.69, 9.17) is 0 Å². The molecule has 0 spiro atoms. The summed E-state index contributed by atoms with van der Waals surface area (Å²) in [4.78, 5) is 32.5. The molecule has 0 aliphatic carbocycles.